The van der Waals surface area contributed by atoms with E-state index in [4.69, 9.17) is 5.73 Å². The van der Waals surface area contributed by atoms with Gasteiger partial charge < -0.3 is 15.6 Å². The predicted molar refractivity (Wildman–Crippen MR) is 77.4 cm³/mol. The summed E-state index contributed by atoms with van der Waals surface area (Å²) in [5, 5.41) is 10.6. The smallest absolute Gasteiger partial charge is 0.251 e. The lowest BCUT2D eigenvalue weighted by molar-refractivity contribution is 0.0953. The maximum absolute atomic E-state index is 12.1. The van der Waals surface area contributed by atoms with Crippen LogP contribution in [0.15, 0.2) is 18.5 Å². The highest BCUT2D eigenvalue weighted by Gasteiger charge is 2.11. The quantitative estimate of drug-likeness (QED) is 0.813. The molecule has 106 valence electrons. The van der Waals surface area contributed by atoms with Crippen LogP contribution in [0.3, 0.4) is 0 Å². The number of nitrogens with two attached hydrogens (primary N) is 1. The Hall–Kier alpha value is -2.37. The number of hydrogen-bond acceptors (Lipinski definition) is 4. The van der Waals surface area contributed by atoms with Crippen LogP contribution in [0.25, 0.3) is 0 Å². The number of nitrogen functional groups attached to an aromatic ring is 1. The molecule has 0 saturated heterocycles. The molecule has 2 rings (SSSR count). The molecule has 6 nitrogen and oxygen atoms in total. The normalized spacial score (nSPS) is 10.6. The van der Waals surface area contributed by atoms with Gasteiger partial charge in [-0.05, 0) is 31.0 Å². The van der Waals surface area contributed by atoms with Gasteiger partial charge in [-0.15, -0.1) is 10.2 Å². The molecular weight excluding hydrogens is 254 g/mol. The molecule has 0 aliphatic heterocycles. The number of amides is 1. The van der Waals surface area contributed by atoms with E-state index in [1.54, 1.807) is 12.4 Å². The van der Waals surface area contributed by atoms with Gasteiger partial charge in [0.1, 0.15) is 12.2 Å². The van der Waals surface area contributed by atoms with Crippen molar-refractivity contribution in [1.29, 1.82) is 0 Å². The van der Waals surface area contributed by atoms with E-state index in [0.717, 1.165) is 17.0 Å². The zero-order chi connectivity index (χ0) is 14.7. The molecule has 0 radical (unpaired) electrons. The van der Waals surface area contributed by atoms with Gasteiger partial charge in [-0.3, -0.25) is 4.79 Å². The van der Waals surface area contributed by atoms with Crippen molar-refractivity contribution in [3.63, 3.8) is 0 Å². The van der Waals surface area contributed by atoms with Gasteiger partial charge in [0.25, 0.3) is 5.91 Å². The summed E-state index contributed by atoms with van der Waals surface area (Å²) in [6.45, 7) is 4.35. The van der Waals surface area contributed by atoms with Crippen molar-refractivity contribution >= 4 is 11.6 Å². The minimum absolute atomic E-state index is 0.114. The summed E-state index contributed by atoms with van der Waals surface area (Å²) in [6, 6.07) is 3.65. The maximum Gasteiger partial charge on any atom is 0.251 e. The van der Waals surface area contributed by atoms with Crippen LogP contribution >= 0.6 is 0 Å². The Morgan fingerprint density at radius 1 is 1.35 bits per heavy atom. The number of nitrogens with zero attached hydrogens (tertiary/aromatic N) is 3. The third kappa shape index (κ3) is 2.96. The van der Waals surface area contributed by atoms with E-state index in [1.807, 2.05) is 31.5 Å². The standard InChI is InChI=1S/C14H19N5O/c1-9-6-10(2)12(15)7-11(9)14(20)16-5-4-13-18-17-8-19(13)3/h6-8H,4-5,15H2,1-3H3,(H,16,20). The van der Waals surface area contributed by atoms with Crippen molar-refractivity contribution in [2.45, 2.75) is 20.3 Å². The predicted octanol–water partition coefficient (Wildman–Crippen LogP) is 0.987. The monoisotopic (exact) mass is 273 g/mol. The van der Waals surface area contributed by atoms with E-state index < -0.39 is 0 Å². The highest BCUT2D eigenvalue weighted by atomic mass is 16.1. The second kappa shape index (κ2) is 5.73. The number of anilines is 1. The van der Waals surface area contributed by atoms with Crippen molar-refractivity contribution in [3.05, 3.63) is 41.0 Å². The molecule has 0 spiro atoms. The fourth-order valence-electron chi connectivity index (χ4n) is 2.03. The van der Waals surface area contributed by atoms with Crippen LogP contribution in [0.2, 0.25) is 0 Å². The Bertz CT molecular complexity index is 632. The number of nitrogens with one attached hydrogen (secondary N) is 1. The number of carbonyl (C=O) groups is 1. The minimum atomic E-state index is -0.114. The largest absolute Gasteiger partial charge is 0.398 e. The van der Waals surface area contributed by atoms with Crippen molar-refractivity contribution < 1.29 is 4.79 Å². The van der Waals surface area contributed by atoms with E-state index >= 15 is 0 Å². The average Bonchev–Trinajstić information content (AvgIpc) is 2.79. The number of benzene rings is 1. The van der Waals surface area contributed by atoms with Crippen LogP contribution < -0.4 is 11.1 Å². The van der Waals surface area contributed by atoms with Gasteiger partial charge >= 0.3 is 0 Å². The van der Waals surface area contributed by atoms with Gasteiger partial charge in [0, 0.05) is 31.3 Å². The summed E-state index contributed by atoms with van der Waals surface area (Å²) in [5.74, 6) is 0.724. The second-order valence-electron chi connectivity index (χ2n) is 4.89. The molecule has 6 heteroatoms. The first kappa shape index (κ1) is 14.0. The first-order valence-electron chi connectivity index (χ1n) is 6.47. The summed E-state index contributed by atoms with van der Waals surface area (Å²) in [6.07, 6.45) is 2.28. The van der Waals surface area contributed by atoms with Gasteiger partial charge in [-0.2, -0.15) is 0 Å². The Morgan fingerprint density at radius 3 is 2.75 bits per heavy atom. The van der Waals surface area contributed by atoms with Crippen molar-refractivity contribution in [2.24, 2.45) is 7.05 Å². The molecular formula is C14H19N5O. The molecule has 0 unspecified atom stereocenters. The number of hydrogen-bond donors (Lipinski definition) is 2. The molecule has 1 amide bonds. The minimum Gasteiger partial charge on any atom is -0.398 e. The molecule has 1 heterocycles. The molecule has 20 heavy (non-hydrogen) atoms. The van der Waals surface area contributed by atoms with Gasteiger partial charge in [0.05, 0.1) is 0 Å². The van der Waals surface area contributed by atoms with Crippen LogP contribution in [0.4, 0.5) is 5.69 Å². The van der Waals surface area contributed by atoms with Gasteiger partial charge in [-0.1, -0.05) is 6.07 Å². The number of aromatic nitrogens is 3. The number of carbonyl (C=O) groups excluding carboxylic acids is 1. The Labute approximate surface area is 118 Å². The van der Waals surface area contributed by atoms with Gasteiger partial charge in [0.2, 0.25) is 0 Å². The molecule has 0 atom stereocenters. The lowest BCUT2D eigenvalue weighted by atomic mass is 10.0. The highest BCUT2D eigenvalue weighted by molar-refractivity contribution is 5.96. The molecule has 2 aromatic rings. The summed E-state index contributed by atoms with van der Waals surface area (Å²) in [4.78, 5) is 12.1. The van der Waals surface area contributed by atoms with Gasteiger partial charge in [-0.25, -0.2) is 0 Å². The summed E-state index contributed by atoms with van der Waals surface area (Å²) in [5.41, 5.74) is 9.01. The number of rotatable bonds is 4. The first-order chi connectivity index (χ1) is 9.49. The SMILES string of the molecule is Cc1cc(C)c(C(=O)NCCc2nncn2C)cc1N. The molecule has 1 aromatic heterocycles. The third-order valence-corrected chi connectivity index (χ3v) is 3.30. The van der Waals surface area contributed by atoms with Crippen LogP contribution in [-0.4, -0.2) is 27.2 Å². The van der Waals surface area contributed by atoms with Crippen molar-refractivity contribution in [3.8, 4) is 0 Å². The van der Waals surface area contributed by atoms with Crippen LogP contribution in [0.1, 0.15) is 27.3 Å². The first-order valence-corrected chi connectivity index (χ1v) is 6.47. The van der Waals surface area contributed by atoms with E-state index in [2.05, 4.69) is 15.5 Å². The summed E-state index contributed by atoms with van der Waals surface area (Å²) < 4.78 is 1.83. The third-order valence-electron chi connectivity index (χ3n) is 3.30. The molecule has 1 aromatic carbocycles. The lowest BCUT2D eigenvalue weighted by Crippen LogP contribution is -2.27. The Balaban J connectivity index is 1.99. The van der Waals surface area contributed by atoms with Crippen molar-refractivity contribution in [2.75, 3.05) is 12.3 Å². The Morgan fingerprint density at radius 2 is 2.10 bits per heavy atom. The highest BCUT2D eigenvalue weighted by Crippen LogP contribution is 2.17. The van der Waals surface area contributed by atoms with Crippen LogP contribution in [0, 0.1) is 13.8 Å². The van der Waals surface area contributed by atoms with Gasteiger partial charge in [0.15, 0.2) is 0 Å². The molecule has 0 aliphatic carbocycles. The maximum atomic E-state index is 12.1. The van der Waals surface area contributed by atoms with E-state index in [9.17, 15) is 4.79 Å². The fourth-order valence-corrected chi connectivity index (χ4v) is 2.03. The molecule has 0 aliphatic rings. The van der Waals surface area contributed by atoms with Crippen LogP contribution in [0.5, 0.6) is 0 Å². The second-order valence-corrected chi connectivity index (χ2v) is 4.89. The van der Waals surface area contributed by atoms with E-state index in [1.165, 1.54) is 0 Å². The topological polar surface area (TPSA) is 85.8 Å². The molecule has 3 N–H and O–H groups in total. The zero-order valence-electron chi connectivity index (χ0n) is 12.0. The van der Waals surface area contributed by atoms with E-state index in [-0.39, 0.29) is 5.91 Å². The number of aryl methyl sites for hydroxylation is 3. The van der Waals surface area contributed by atoms with Crippen LogP contribution in [-0.2, 0) is 13.5 Å². The zero-order valence-corrected chi connectivity index (χ0v) is 12.0. The summed E-state index contributed by atoms with van der Waals surface area (Å²) >= 11 is 0. The average molecular weight is 273 g/mol. The van der Waals surface area contributed by atoms with Crippen molar-refractivity contribution in [1.82, 2.24) is 20.1 Å². The summed E-state index contributed by atoms with van der Waals surface area (Å²) in [7, 11) is 1.88. The fraction of sp³-hybridized carbons (Fsp3) is 0.357. The molecule has 0 bridgehead atoms. The molecule has 0 saturated carbocycles. The van der Waals surface area contributed by atoms with E-state index in [0.29, 0.717) is 24.2 Å². The Kier molecular flexibility index (Phi) is 4.02. The molecule has 0 fully saturated rings. The lowest BCUT2D eigenvalue weighted by Gasteiger charge is -2.10.